The van der Waals surface area contributed by atoms with Crippen molar-refractivity contribution in [2.75, 3.05) is 11.4 Å². The Kier molecular flexibility index (Phi) is 4.89. The molecule has 0 spiro atoms. The molecule has 0 aromatic heterocycles. The van der Waals surface area contributed by atoms with Crippen molar-refractivity contribution in [1.29, 1.82) is 0 Å². The quantitative estimate of drug-likeness (QED) is 0.461. The van der Waals surface area contributed by atoms with Crippen LogP contribution in [0.2, 0.25) is 0 Å². The highest BCUT2D eigenvalue weighted by molar-refractivity contribution is 6.54. The summed E-state index contributed by atoms with van der Waals surface area (Å²) in [5.41, 5.74) is 4.26. The van der Waals surface area contributed by atoms with Crippen molar-refractivity contribution in [3.8, 4) is 0 Å². The molecule has 4 heteroatoms. The Morgan fingerprint density at radius 1 is 1.12 bits per heavy atom. The van der Waals surface area contributed by atoms with E-state index in [1.54, 1.807) is 17.2 Å². The minimum Gasteiger partial charge on any atom is -0.302 e. The fraction of sp³-hybridized carbons (Fsp3) is 0.190. The Bertz CT molecular complexity index is 848. The maximum Gasteiger partial charge on any atom is 0.279 e. The Balaban J connectivity index is 1.85. The van der Waals surface area contributed by atoms with Gasteiger partial charge in [0.1, 0.15) is 0 Å². The van der Waals surface area contributed by atoms with Gasteiger partial charge in [0, 0.05) is 12.1 Å². The van der Waals surface area contributed by atoms with Gasteiger partial charge in [-0.1, -0.05) is 62.4 Å². The van der Waals surface area contributed by atoms with E-state index in [-0.39, 0.29) is 5.91 Å². The smallest absolute Gasteiger partial charge is 0.279 e. The van der Waals surface area contributed by atoms with Crippen molar-refractivity contribution in [1.82, 2.24) is 0 Å². The number of carbonyl (C=O) groups is 1. The predicted octanol–water partition coefficient (Wildman–Crippen LogP) is 4.17. The van der Waals surface area contributed by atoms with Gasteiger partial charge in [0.05, 0.1) is 11.9 Å². The highest BCUT2D eigenvalue weighted by Crippen LogP contribution is 2.29. The standard InChI is InChI=1S/C21H21N3O/c1-4-13-24-19-8-6-5-7-18(19)20(21(24)25)23-22-14-16-9-11-17(12-10-16)15(2)3/h4-12,14-15H,1,13H2,2-3H3/b22-14-,23-20-. The SMILES string of the molecule is C=CCN1C(=O)/C(=N\N=C/c2ccc(C(C)C)cc2)c2ccccc21. The van der Waals surface area contributed by atoms with Gasteiger partial charge in [0.25, 0.3) is 5.91 Å². The molecule has 0 unspecified atom stereocenters. The van der Waals surface area contributed by atoms with Crippen LogP contribution in [0.15, 0.2) is 71.4 Å². The molecular formula is C21H21N3O. The Morgan fingerprint density at radius 3 is 2.52 bits per heavy atom. The lowest BCUT2D eigenvalue weighted by atomic mass is 10.0. The number of anilines is 1. The molecule has 4 nitrogen and oxygen atoms in total. The lowest BCUT2D eigenvalue weighted by molar-refractivity contribution is -0.112. The van der Waals surface area contributed by atoms with Crippen LogP contribution in [0, 0.1) is 0 Å². The first-order chi connectivity index (χ1) is 12.1. The Morgan fingerprint density at radius 2 is 1.84 bits per heavy atom. The maximum absolute atomic E-state index is 12.6. The van der Waals surface area contributed by atoms with Crippen LogP contribution in [0.4, 0.5) is 5.69 Å². The molecule has 0 fully saturated rings. The topological polar surface area (TPSA) is 45.0 Å². The molecule has 1 aliphatic heterocycles. The average Bonchev–Trinajstić information content (AvgIpc) is 2.88. The molecule has 0 saturated heterocycles. The van der Waals surface area contributed by atoms with Crippen molar-refractivity contribution >= 4 is 23.5 Å². The second kappa shape index (κ2) is 7.26. The highest BCUT2D eigenvalue weighted by atomic mass is 16.2. The zero-order valence-electron chi connectivity index (χ0n) is 14.5. The van der Waals surface area contributed by atoms with Crippen LogP contribution in [-0.4, -0.2) is 24.4 Å². The van der Waals surface area contributed by atoms with Crippen molar-refractivity contribution in [2.24, 2.45) is 10.2 Å². The Labute approximate surface area is 148 Å². The largest absolute Gasteiger partial charge is 0.302 e. The van der Waals surface area contributed by atoms with Crippen LogP contribution in [0.5, 0.6) is 0 Å². The molecule has 0 bridgehead atoms. The molecule has 0 aliphatic carbocycles. The van der Waals surface area contributed by atoms with Gasteiger partial charge in [0.15, 0.2) is 5.71 Å². The summed E-state index contributed by atoms with van der Waals surface area (Å²) >= 11 is 0. The third-order valence-corrected chi connectivity index (χ3v) is 4.18. The molecule has 0 N–H and O–H groups in total. The normalized spacial score (nSPS) is 15.4. The zero-order chi connectivity index (χ0) is 17.8. The molecule has 1 amide bonds. The zero-order valence-corrected chi connectivity index (χ0v) is 14.5. The van der Waals surface area contributed by atoms with Gasteiger partial charge in [-0.3, -0.25) is 4.79 Å². The number of para-hydroxylation sites is 1. The minimum absolute atomic E-state index is 0.145. The van der Waals surface area contributed by atoms with Gasteiger partial charge in [-0.15, -0.1) is 11.7 Å². The lowest BCUT2D eigenvalue weighted by Crippen LogP contribution is -2.30. The van der Waals surface area contributed by atoms with Crippen molar-refractivity contribution in [2.45, 2.75) is 19.8 Å². The van der Waals surface area contributed by atoms with Crippen molar-refractivity contribution in [3.63, 3.8) is 0 Å². The summed E-state index contributed by atoms with van der Waals surface area (Å²) < 4.78 is 0. The summed E-state index contributed by atoms with van der Waals surface area (Å²) in [7, 11) is 0. The fourth-order valence-electron chi connectivity index (χ4n) is 2.79. The monoisotopic (exact) mass is 331 g/mol. The molecule has 1 aliphatic rings. The number of rotatable bonds is 5. The molecule has 3 rings (SSSR count). The maximum atomic E-state index is 12.6. The van der Waals surface area contributed by atoms with E-state index >= 15 is 0 Å². The lowest BCUT2D eigenvalue weighted by Gasteiger charge is -2.13. The number of hydrogen-bond acceptors (Lipinski definition) is 3. The molecule has 0 saturated carbocycles. The molecular weight excluding hydrogens is 310 g/mol. The molecule has 1 heterocycles. The third kappa shape index (κ3) is 3.43. The van der Waals surface area contributed by atoms with Crippen LogP contribution < -0.4 is 4.90 Å². The van der Waals surface area contributed by atoms with E-state index in [0.717, 1.165) is 16.8 Å². The van der Waals surface area contributed by atoms with Gasteiger partial charge in [-0.25, -0.2) is 0 Å². The first kappa shape index (κ1) is 16.8. The van der Waals surface area contributed by atoms with E-state index in [9.17, 15) is 4.79 Å². The third-order valence-electron chi connectivity index (χ3n) is 4.18. The summed E-state index contributed by atoms with van der Waals surface area (Å²) in [4.78, 5) is 14.2. The summed E-state index contributed by atoms with van der Waals surface area (Å²) in [6.07, 6.45) is 3.38. The van der Waals surface area contributed by atoms with Crippen LogP contribution in [0.25, 0.3) is 0 Å². The number of hydrogen-bond donors (Lipinski definition) is 0. The van der Waals surface area contributed by atoms with E-state index in [2.05, 4.69) is 42.8 Å². The van der Waals surface area contributed by atoms with E-state index in [1.165, 1.54) is 5.56 Å². The molecule has 2 aromatic carbocycles. The number of fused-ring (bicyclic) bond motifs is 1. The summed E-state index contributed by atoms with van der Waals surface area (Å²) in [5, 5.41) is 8.32. The highest BCUT2D eigenvalue weighted by Gasteiger charge is 2.32. The molecule has 25 heavy (non-hydrogen) atoms. The van der Waals surface area contributed by atoms with E-state index in [4.69, 9.17) is 0 Å². The predicted molar refractivity (Wildman–Crippen MR) is 104 cm³/mol. The molecule has 0 radical (unpaired) electrons. The second-order valence-corrected chi connectivity index (χ2v) is 6.24. The number of nitrogens with zero attached hydrogens (tertiary/aromatic N) is 3. The van der Waals surface area contributed by atoms with E-state index < -0.39 is 0 Å². The fourth-order valence-corrected chi connectivity index (χ4v) is 2.79. The van der Waals surface area contributed by atoms with Crippen molar-refractivity contribution in [3.05, 3.63) is 77.9 Å². The molecule has 126 valence electrons. The summed E-state index contributed by atoms with van der Waals surface area (Å²) in [5.74, 6) is 0.350. The molecule has 0 atom stereocenters. The van der Waals surface area contributed by atoms with Crippen molar-refractivity contribution < 1.29 is 4.79 Å². The summed E-state index contributed by atoms with van der Waals surface area (Å²) in [6, 6.07) is 15.8. The number of benzene rings is 2. The van der Waals surface area contributed by atoms with E-state index in [0.29, 0.717) is 18.2 Å². The van der Waals surface area contributed by atoms with Gasteiger partial charge < -0.3 is 4.90 Å². The molecule has 2 aromatic rings. The summed E-state index contributed by atoms with van der Waals surface area (Å²) in [6.45, 7) is 8.49. The second-order valence-electron chi connectivity index (χ2n) is 6.24. The van der Waals surface area contributed by atoms with Gasteiger partial charge in [-0.05, 0) is 23.1 Å². The van der Waals surface area contributed by atoms with Crippen LogP contribution in [0.1, 0.15) is 36.5 Å². The number of amides is 1. The van der Waals surface area contributed by atoms with Gasteiger partial charge in [0.2, 0.25) is 0 Å². The minimum atomic E-state index is -0.145. The average molecular weight is 331 g/mol. The van der Waals surface area contributed by atoms with Gasteiger partial charge >= 0.3 is 0 Å². The van der Waals surface area contributed by atoms with Crippen LogP contribution >= 0.6 is 0 Å². The Hall–Kier alpha value is -3.01. The van der Waals surface area contributed by atoms with Gasteiger partial charge in [-0.2, -0.15) is 5.10 Å². The first-order valence-electron chi connectivity index (χ1n) is 8.35. The number of carbonyl (C=O) groups excluding carboxylic acids is 1. The van der Waals surface area contributed by atoms with Crippen LogP contribution in [0.3, 0.4) is 0 Å². The van der Waals surface area contributed by atoms with E-state index in [1.807, 2.05) is 36.4 Å². The first-order valence-corrected chi connectivity index (χ1v) is 8.35. The van der Waals surface area contributed by atoms with Crippen LogP contribution in [-0.2, 0) is 4.79 Å².